The predicted molar refractivity (Wildman–Crippen MR) is 86.8 cm³/mol. The maximum absolute atomic E-state index is 5.90. The van der Waals surface area contributed by atoms with E-state index in [0.717, 1.165) is 10.0 Å². The van der Waals surface area contributed by atoms with Crippen LogP contribution in [0.15, 0.2) is 50.7 Å². The summed E-state index contributed by atoms with van der Waals surface area (Å²) in [5, 5.41) is 0. The highest BCUT2D eigenvalue weighted by molar-refractivity contribution is 9.10. The van der Waals surface area contributed by atoms with Crippen molar-refractivity contribution in [1.82, 2.24) is 0 Å². The van der Waals surface area contributed by atoms with E-state index in [-0.39, 0.29) is 6.04 Å². The average Bonchev–Trinajstić information content (AvgIpc) is 2.34. The smallest absolute Gasteiger partial charge is 0.0318 e. The van der Waals surface area contributed by atoms with E-state index in [0.29, 0.717) is 0 Å². The van der Waals surface area contributed by atoms with Crippen molar-refractivity contribution in [2.75, 3.05) is 0 Å². The monoisotopic (exact) mass is 335 g/mol. The summed E-state index contributed by atoms with van der Waals surface area (Å²) >= 11 is 5.42. The molecule has 0 unspecified atom stereocenters. The average molecular weight is 336 g/mol. The fourth-order valence-electron chi connectivity index (χ4n) is 1.92. The zero-order valence-corrected chi connectivity index (χ0v) is 13.8. The van der Waals surface area contributed by atoms with Gasteiger partial charge < -0.3 is 5.73 Å². The van der Waals surface area contributed by atoms with E-state index >= 15 is 0 Å². The summed E-state index contributed by atoms with van der Waals surface area (Å²) in [5.41, 5.74) is 9.66. The summed E-state index contributed by atoms with van der Waals surface area (Å²) in [5.74, 6) is 0. The highest BCUT2D eigenvalue weighted by Gasteiger charge is 2.07. The highest BCUT2D eigenvalue weighted by Crippen LogP contribution is 2.36. The molecule has 0 heterocycles. The molecular weight excluding hydrogens is 318 g/mol. The SMILES string of the molecule is Cc1ccc(Sc2ccc([C@H](C)N)cc2Br)c(C)c1. The summed E-state index contributed by atoms with van der Waals surface area (Å²) in [6.07, 6.45) is 0. The van der Waals surface area contributed by atoms with Crippen LogP contribution in [0, 0.1) is 13.8 Å². The highest BCUT2D eigenvalue weighted by atomic mass is 79.9. The van der Waals surface area contributed by atoms with Crippen molar-refractivity contribution < 1.29 is 0 Å². The standard InChI is InChI=1S/C16H18BrNS/c1-10-4-6-15(11(2)8-10)19-16-7-5-13(12(3)18)9-14(16)17/h4-9,12H,18H2,1-3H3/t12-/m0/s1. The van der Waals surface area contributed by atoms with Gasteiger partial charge in [0.1, 0.15) is 0 Å². The lowest BCUT2D eigenvalue weighted by Crippen LogP contribution is -2.04. The van der Waals surface area contributed by atoms with E-state index < -0.39 is 0 Å². The topological polar surface area (TPSA) is 26.0 Å². The first kappa shape index (κ1) is 14.6. The van der Waals surface area contributed by atoms with Crippen LogP contribution in [0.1, 0.15) is 29.7 Å². The van der Waals surface area contributed by atoms with Gasteiger partial charge in [-0.25, -0.2) is 0 Å². The minimum Gasteiger partial charge on any atom is -0.324 e. The van der Waals surface area contributed by atoms with Crippen LogP contribution < -0.4 is 5.73 Å². The molecule has 0 aliphatic heterocycles. The van der Waals surface area contributed by atoms with Crippen molar-refractivity contribution in [2.24, 2.45) is 5.73 Å². The van der Waals surface area contributed by atoms with Gasteiger partial charge in [-0.1, -0.05) is 35.5 Å². The molecule has 0 aromatic heterocycles. The quantitative estimate of drug-likeness (QED) is 0.830. The van der Waals surface area contributed by atoms with Crippen molar-refractivity contribution in [3.05, 3.63) is 57.6 Å². The second kappa shape index (κ2) is 6.12. The normalized spacial score (nSPS) is 12.5. The Labute approximate surface area is 127 Å². The molecule has 0 saturated carbocycles. The third-order valence-corrected chi connectivity index (χ3v) is 5.20. The minimum atomic E-state index is 0.0662. The van der Waals surface area contributed by atoms with Gasteiger partial charge in [-0.3, -0.25) is 0 Å². The van der Waals surface area contributed by atoms with Gasteiger partial charge in [-0.15, -0.1) is 0 Å². The van der Waals surface area contributed by atoms with Crippen LogP contribution in [0.2, 0.25) is 0 Å². The lowest BCUT2D eigenvalue weighted by molar-refractivity contribution is 0.815. The second-order valence-corrected chi connectivity index (χ2v) is 6.79. The number of hydrogen-bond donors (Lipinski definition) is 1. The van der Waals surface area contributed by atoms with Gasteiger partial charge in [0.15, 0.2) is 0 Å². The molecule has 1 atom stereocenters. The molecule has 19 heavy (non-hydrogen) atoms. The Balaban J connectivity index is 2.28. The fraction of sp³-hybridized carbons (Fsp3) is 0.250. The fourth-order valence-corrected chi connectivity index (χ4v) is 3.44. The molecule has 2 rings (SSSR count). The van der Waals surface area contributed by atoms with E-state index in [1.807, 2.05) is 6.92 Å². The summed E-state index contributed by atoms with van der Waals surface area (Å²) < 4.78 is 1.10. The van der Waals surface area contributed by atoms with E-state index in [2.05, 4.69) is 66.2 Å². The summed E-state index contributed by atoms with van der Waals surface area (Å²) in [7, 11) is 0. The third-order valence-electron chi connectivity index (χ3n) is 3.03. The number of rotatable bonds is 3. The number of halogens is 1. The van der Waals surface area contributed by atoms with Crippen LogP contribution >= 0.6 is 27.7 Å². The molecule has 0 saturated heterocycles. The molecule has 0 spiro atoms. The maximum Gasteiger partial charge on any atom is 0.0318 e. The Morgan fingerprint density at radius 3 is 2.32 bits per heavy atom. The molecule has 3 heteroatoms. The molecule has 1 nitrogen and oxygen atoms in total. The van der Waals surface area contributed by atoms with Gasteiger partial charge in [0.05, 0.1) is 0 Å². The molecule has 0 amide bonds. The molecule has 2 aromatic carbocycles. The van der Waals surface area contributed by atoms with Crippen LogP contribution in [-0.2, 0) is 0 Å². The van der Waals surface area contributed by atoms with E-state index in [1.54, 1.807) is 11.8 Å². The molecule has 0 radical (unpaired) electrons. The van der Waals surface area contributed by atoms with Crippen LogP contribution in [0.3, 0.4) is 0 Å². The van der Waals surface area contributed by atoms with E-state index in [1.165, 1.54) is 20.9 Å². The third kappa shape index (κ3) is 3.62. The van der Waals surface area contributed by atoms with E-state index in [9.17, 15) is 0 Å². The van der Waals surface area contributed by atoms with Gasteiger partial charge in [0.25, 0.3) is 0 Å². The van der Waals surface area contributed by atoms with Gasteiger partial charge in [0.2, 0.25) is 0 Å². The Morgan fingerprint density at radius 1 is 1.05 bits per heavy atom. The molecule has 0 aliphatic carbocycles. The first-order valence-electron chi connectivity index (χ1n) is 6.27. The summed E-state index contributed by atoms with van der Waals surface area (Å²) in [6, 6.07) is 13.0. The van der Waals surface area contributed by atoms with Crippen molar-refractivity contribution in [2.45, 2.75) is 36.6 Å². The summed E-state index contributed by atoms with van der Waals surface area (Å²) in [4.78, 5) is 2.51. The van der Waals surface area contributed by atoms with Crippen LogP contribution in [0.25, 0.3) is 0 Å². The first-order valence-corrected chi connectivity index (χ1v) is 7.88. The van der Waals surface area contributed by atoms with E-state index in [4.69, 9.17) is 5.73 Å². The van der Waals surface area contributed by atoms with Crippen LogP contribution in [0.4, 0.5) is 0 Å². The molecule has 100 valence electrons. The second-order valence-electron chi connectivity index (χ2n) is 4.85. The van der Waals surface area contributed by atoms with Crippen LogP contribution in [0.5, 0.6) is 0 Å². The van der Waals surface area contributed by atoms with Crippen molar-refractivity contribution in [3.8, 4) is 0 Å². The Morgan fingerprint density at radius 2 is 1.74 bits per heavy atom. The molecule has 0 bridgehead atoms. The molecule has 0 aliphatic rings. The predicted octanol–water partition coefficient (Wildman–Crippen LogP) is 5.24. The minimum absolute atomic E-state index is 0.0662. The maximum atomic E-state index is 5.90. The number of nitrogens with two attached hydrogens (primary N) is 1. The largest absolute Gasteiger partial charge is 0.324 e. The van der Waals surface area contributed by atoms with Gasteiger partial charge in [0, 0.05) is 20.3 Å². The molecule has 0 fully saturated rings. The number of aryl methyl sites for hydroxylation is 2. The summed E-state index contributed by atoms with van der Waals surface area (Å²) in [6.45, 7) is 6.27. The lowest BCUT2D eigenvalue weighted by atomic mass is 10.1. The number of benzene rings is 2. The molecular formula is C16H18BrNS. The Bertz CT molecular complexity index is 593. The Hall–Kier alpha value is -0.770. The Kier molecular flexibility index (Phi) is 4.71. The van der Waals surface area contributed by atoms with Crippen molar-refractivity contribution >= 4 is 27.7 Å². The lowest BCUT2D eigenvalue weighted by Gasteiger charge is -2.11. The molecule has 2 N–H and O–H groups in total. The first-order chi connectivity index (χ1) is 8.97. The molecule has 2 aromatic rings. The van der Waals surface area contributed by atoms with Crippen molar-refractivity contribution in [3.63, 3.8) is 0 Å². The zero-order chi connectivity index (χ0) is 14.0. The van der Waals surface area contributed by atoms with Crippen molar-refractivity contribution in [1.29, 1.82) is 0 Å². The van der Waals surface area contributed by atoms with Gasteiger partial charge in [-0.2, -0.15) is 0 Å². The van der Waals surface area contributed by atoms with Gasteiger partial charge in [-0.05, 0) is 66.0 Å². The number of hydrogen-bond acceptors (Lipinski definition) is 2. The zero-order valence-electron chi connectivity index (χ0n) is 11.4. The van der Waals surface area contributed by atoms with Crippen LogP contribution in [-0.4, -0.2) is 0 Å². The van der Waals surface area contributed by atoms with Gasteiger partial charge >= 0.3 is 0 Å².